The van der Waals surface area contributed by atoms with Crippen molar-refractivity contribution in [3.63, 3.8) is 0 Å². The number of carbonyl (C=O) groups excluding carboxylic acids is 1. The largest absolute Gasteiger partial charge is 0.495 e. The van der Waals surface area contributed by atoms with Crippen LogP contribution in [-0.2, 0) is 4.74 Å². The van der Waals surface area contributed by atoms with Crippen molar-refractivity contribution in [2.45, 2.75) is 26.4 Å². The van der Waals surface area contributed by atoms with Crippen LogP contribution in [-0.4, -0.2) is 29.8 Å². The number of benzene rings is 1. The summed E-state index contributed by atoms with van der Waals surface area (Å²) in [7, 11) is 1.28. The van der Waals surface area contributed by atoms with Crippen molar-refractivity contribution in [1.29, 1.82) is 0 Å². The van der Waals surface area contributed by atoms with E-state index in [1.54, 1.807) is 20.8 Å². The van der Waals surface area contributed by atoms with Gasteiger partial charge in [-0.15, -0.1) is 0 Å². The zero-order valence-electron chi connectivity index (χ0n) is 11.3. The fourth-order valence-corrected chi connectivity index (χ4v) is 1.51. The van der Waals surface area contributed by atoms with E-state index in [1.807, 2.05) is 0 Å². The highest BCUT2D eigenvalue weighted by Gasteiger charge is 2.25. The quantitative estimate of drug-likeness (QED) is 0.641. The van der Waals surface area contributed by atoms with Crippen molar-refractivity contribution < 1.29 is 24.2 Å². The summed E-state index contributed by atoms with van der Waals surface area (Å²) >= 11 is 0. The number of hydrogen-bond acceptors (Lipinski definition) is 5. The molecule has 0 aliphatic heterocycles. The maximum Gasteiger partial charge on any atom is 0.342 e. The Morgan fingerprint density at radius 2 is 1.74 bits per heavy atom. The molecule has 0 unspecified atom stereocenters. The molecule has 0 spiro atoms. The second-order valence-corrected chi connectivity index (χ2v) is 4.96. The van der Waals surface area contributed by atoms with E-state index >= 15 is 0 Å². The van der Waals surface area contributed by atoms with Crippen molar-refractivity contribution in [3.05, 3.63) is 23.3 Å². The number of nitrogens with two attached hydrogens (primary N) is 1. The van der Waals surface area contributed by atoms with Gasteiger partial charge >= 0.3 is 11.9 Å². The van der Waals surface area contributed by atoms with Crippen LogP contribution in [0.5, 0.6) is 5.75 Å². The molecule has 0 aliphatic rings. The lowest BCUT2D eigenvalue weighted by Crippen LogP contribution is -2.24. The second-order valence-electron chi connectivity index (χ2n) is 4.96. The highest BCUT2D eigenvalue weighted by Crippen LogP contribution is 2.29. The maximum absolute atomic E-state index is 12.0. The summed E-state index contributed by atoms with van der Waals surface area (Å²) in [6, 6.07) is 2.56. The fourth-order valence-electron chi connectivity index (χ4n) is 1.51. The Morgan fingerprint density at radius 1 is 1.21 bits per heavy atom. The van der Waals surface area contributed by atoms with Crippen LogP contribution < -0.4 is 10.5 Å². The Hall–Kier alpha value is -2.24. The van der Waals surface area contributed by atoms with Crippen LogP contribution in [0.2, 0.25) is 0 Å². The van der Waals surface area contributed by atoms with Gasteiger partial charge in [-0.2, -0.15) is 0 Å². The molecule has 0 heterocycles. The molecule has 1 rings (SSSR count). The SMILES string of the molecule is COc1c(C(=O)O)cc(N)cc1C(=O)OC(C)(C)C. The van der Waals surface area contributed by atoms with Crippen molar-refractivity contribution in [3.8, 4) is 5.75 Å². The second kappa shape index (κ2) is 5.17. The summed E-state index contributed by atoms with van der Waals surface area (Å²) in [5, 5.41) is 9.07. The topological polar surface area (TPSA) is 98.9 Å². The molecule has 0 aliphatic carbocycles. The van der Waals surface area contributed by atoms with Gasteiger partial charge in [0.15, 0.2) is 0 Å². The van der Waals surface area contributed by atoms with Crippen molar-refractivity contribution in [2.75, 3.05) is 12.8 Å². The van der Waals surface area contributed by atoms with Gasteiger partial charge in [-0.3, -0.25) is 0 Å². The number of hydrogen-bond donors (Lipinski definition) is 2. The third-order valence-corrected chi connectivity index (χ3v) is 2.16. The zero-order valence-corrected chi connectivity index (χ0v) is 11.3. The minimum Gasteiger partial charge on any atom is -0.495 e. The smallest absolute Gasteiger partial charge is 0.342 e. The molecule has 1 aromatic carbocycles. The predicted molar refractivity (Wildman–Crippen MR) is 69.5 cm³/mol. The molecule has 6 nitrogen and oxygen atoms in total. The fraction of sp³-hybridized carbons (Fsp3) is 0.385. The molecular formula is C13H17NO5. The van der Waals surface area contributed by atoms with Crippen LogP contribution in [0, 0.1) is 0 Å². The van der Waals surface area contributed by atoms with Crippen LogP contribution in [0.4, 0.5) is 5.69 Å². The number of rotatable bonds is 3. The van der Waals surface area contributed by atoms with Crippen LogP contribution in [0.15, 0.2) is 12.1 Å². The van der Waals surface area contributed by atoms with E-state index in [0.717, 1.165) is 0 Å². The molecule has 1 aromatic rings. The van der Waals surface area contributed by atoms with Gasteiger partial charge in [-0.05, 0) is 32.9 Å². The molecule has 0 fully saturated rings. The van der Waals surface area contributed by atoms with Crippen molar-refractivity contribution >= 4 is 17.6 Å². The van der Waals surface area contributed by atoms with Gasteiger partial charge < -0.3 is 20.3 Å². The van der Waals surface area contributed by atoms with Crippen LogP contribution in [0.1, 0.15) is 41.5 Å². The lowest BCUT2D eigenvalue weighted by atomic mass is 10.1. The first-order chi connectivity index (χ1) is 8.65. The molecule has 19 heavy (non-hydrogen) atoms. The summed E-state index contributed by atoms with van der Waals surface area (Å²) in [6.07, 6.45) is 0. The van der Waals surface area contributed by atoms with Crippen LogP contribution >= 0.6 is 0 Å². The molecule has 0 saturated carbocycles. The number of methoxy groups -OCH3 is 1. The Labute approximate surface area is 111 Å². The zero-order chi connectivity index (χ0) is 14.8. The summed E-state index contributed by atoms with van der Waals surface area (Å²) in [5.74, 6) is -1.97. The van der Waals surface area contributed by atoms with E-state index in [9.17, 15) is 9.59 Å². The van der Waals surface area contributed by atoms with E-state index in [4.69, 9.17) is 20.3 Å². The molecule has 0 aromatic heterocycles. The molecule has 0 atom stereocenters. The number of carboxylic acid groups (broad SMARTS) is 1. The van der Waals surface area contributed by atoms with Gasteiger partial charge in [0.2, 0.25) is 0 Å². The van der Waals surface area contributed by atoms with E-state index in [2.05, 4.69) is 0 Å². The standard InChI is InChI=1S/C13H17NO5/c1-13(2,3)19-12(17)9-6-7(14)5-8(11(15)16)10(9)18-4/h5-6H,14H2,1-4H3,(H,15,16). The first-order valence-electron chi connectivity index (χ1n) is 5.60. The highest BCUT2D eigenvalue weighted by molar-refractivity contribution is 6.01. The lowest BCUT2D eigenvalue weighted by molar-refractivity contribution is 0.00665. The summed E-state index contributed by atoms with van der Waals surface area (Å²) < 4.78 is 10.2. The van der Waals surface area contributed by atoms with E-state index < -0.39 is 17.5 Å². The molecule has 0 radical (unpaired) electrons. The third-order valence-electron chi connectivity index (χ3n) is 2.16. The van der Waals surface area contributed by atoms with Gasteiger partial charge in [0.05, 0.1) is 7.11 Å². The normalized spacial score (nSPS) is 10.9. The minimum absolute atomic E-state index is 0.00479. The molecule has 6 heteroatoms. The lowest BCUT2D eigenvalue weighted by Gasteiger charge is -2.21. The first-order valence-corrected chi connectivity index (χ1v) is 5.60. The van der Waals surface area contributed by atoms with Crippen LogP contribution in [0.25, 0.3) is 0 Å². The maximum atomic E-state index is 12.0. The number of carbonyl (C=O) groups is 2. The van der Waals surface area contributed by atoms with E-state index in [-0.39, 0.29) is 22.6 Å². The number of nitrogen functional groups attached to an aromatic ring is 1. The van der Waals surface area contributed by atoms with Gasteiger partial charge in [-0.1, -0.05) is 0 Å². The van der Waals surface area contributed by atoms with Crippen molar-refractivity contribution in [2.24, 2.45) is 0 Å². The van der Waals surface area contributed by atoms with Crippen molar-refractivity contribution in [1.82, 2.24) is 0 Å². The summed E-state index contributed by atoms with van der Waals surface area (Å²) in [4.78, 5) is 23.1. The van der Waals surface area contributed by atoms with E-state index in [0.29, 0.717) is 0 Å². The highest BCUT2D eigenvalue weighted by atomic mass is 16.6. The minimum atomic E-state index is -1.23. The number of ether oxygens (including phenoxy) is 2. The predicted octanol–water partition coefficient (Wildman–Crippen LogP) is 1.93. The van der Waals surface area contributed by atoms with E-state index in [1.165, 1.54) is 19.2 Å². The average molecular weight is 267 g/mol. The monoisotopic (exact) mass is 267 g/mol. The Balaban J connectivity index is 3.34. The molecule has 0 bridgehead atoms. The number of esters is 1. The average Bonchev–Trinajstić information content (AvgIpc) is 2.25. The van der Waals surface area contributed by atoms with Gasteiger partial charge in [-0.25, -0.2) is 9.59 Å². The van der Waals surface area contributed by atoms with Gasteiger partial charge in [0.1, 0.15) is 22.5 Å². The summed E-state index contributed by atoms with van der Waals surface area (Å²) in [5.41, 5.74) is 4.87. The Morgan fingerprint density at radius 3 is 2.16 bits per heavy atom. The number of anilines is 1. The molecular weight excluding hydrogens is 250 g/mol. The number of carboxylic acids is 1. The summed E-state index contributed by atoms with van der Waals surface area (Å²) in [6.45, 7) is 5.13. The third kappa shape index (κ3) is 3.61. The van der Waals surface area contributed by atoms with Crippen LogP contribution in [0.3, 0.4) is 0 Å². The Bertz CT molecular complexity index is 517. The van der Waals surface area contributed by atoms with Gasteiger partial charge in [0.25, 0.3) is 0 Å². The molecule has 3 N–H and O–H groups in total. The van der Waals surface area contributed by atoms with Gasteiger partial charge in [0, 0.05) is 5.69 Å². The molecule has 104 valence electrons. The first kappa shape index (κ1) is 14.8. The Kier molecular flexibility index (Phi) is 4.04. The molecule has 0 saturated heterocycles. The molecule has 0 amide bonds. The number of aromatic carboxylic acids is 1.